The van der Waals surface area contributed by atoms with E-state index in [0.717, 1.165) is 41.7 Å². The second-order valence-electron chi connectivity index (χ2n) is 10.0. The maximum absolute atomic E-state index is 13.6. The van der Waals surface area contributed by atoms with E-state index in [0.29, 0.717) is 34.6 Å². The van der Waals surface area contributed by atoms with Crippen molar-refractivity contribution < 1.29 is 23.1 Å². The standard InChI is InChI=1S/C27H26F3N5O2S/c1-16-2-4-18(22(8-16)27(28,29)30)13-35-23-5-3-17(9-19(23)12-31-35)10-24-25(37)32-26(38-24)34-15-20-11-21(34)14-33(20)6-7-36/h2-5,8-10,12,20-21,36H,6-7,11,13-15H2,1H3/b24-10-/t20-,21-/m1/s1. The molecule has 2 fully saturated rings. The summed E-state index contributed by atoms with van der Waals surface area (Å²) in [6, 6.07) is 10.6. The zero-order valence-electron chi connectivity index (χ0n) is 20.6. The fourth-order valence-corrected chi connectivity index (χ4v) is 6.63. The van der Waals surface area contributed by atoms with Crippen LogP contribution >= 0.6 is 11.8 Å². The van der Waals surface area contributed by atoms with Crippen molar-refractivity contribution in [3.8, 4) is 0 Å². The van der Waals surface area contributed by atoms with E-state index in [9.17, 15) is 23.1 Å². The number of alkyl halides is 3. The van der Waals surface area contributed by atoms with Gasteiger partial charge in [-0.15, -0.1) is 0 Å². The number of benzene rings is 2. The van der Waals surface area contributed by atoms with E-state index in [1.165, 1.54) is 17.8 Å². The van der Waals surface area contributed by atoms with E-state index in [1.807, 2.05) is 18.2 Å². The number of aliphatic hydroxyl groups is 1. The van der Waals surface area contributed by atoms with Gasteiger partial charge in [0, 0.05) is 37.1 Å². The summed E-state index contributed by atoms with van der Waals surface area (Å²) in [6.45, 7) is 4.13. The monoisotopic (exact) mass is 541 g/mol. The van der Waals surface area contributed by atoms with Crippen molar-refractivity contribution in [2.75, 3.05) is 26.2 Å². The molecule has 2 aromatic carbocycles. The first kappa shape index (κ1) is 25.1. The number of thioether (sulfide) groups is 1. The highest BCUT2D eigenvalue weighted by molar-refractivity contribution is 8.18. The molecular weight excluding hydrogens is 515 g/mol. The van der Waals surface area contributed by atoms with Gasteiger partial charge in [0.2, 0.25) is 0 Å². The summed E-state index contributed by atoms with van der Waals surface area (Å²) >= 11 is 1.37. The number of amidine groups is 1. The molecule has 1 amide bonds. The molecule has 0 spiro atoms. The zero-order valence-corrected chi connectivity index (χ0v) is 21.5. The number of β-amino-alcohol motifs (C(OH)–C–C–N with tert-alkyl or cyclic N) is 1. The normalized spacial score (nSPS) is 22.9. The van der Waals surface area contributed by atoms with E-state index >= 15 is 0 Å². The Balaban J connectivity index is 1.18. The quantitative estimate of drug-likeness (QED) is 0.490. The Bertz CT molecular complexity index is 1480. The van der Waals surface area contributed by atoms with Crippen molar-refractivity contribution in [3.05, 3.63) is 69.8 Å². The van der Waals surface area contributed by atoms with E-state index < -0.39 is 11.7 Å². The highest BCUT2D eigenvalue weighted by Crippen LogP contribution is 2.38. The van der Waals surface area contributed by atoms with Crippen molar-refractivity contribution >= 4 is 39.8 Å². The van der Waals surface area contributed by atoms with Crippen molar-refractivity contribution in [1.29, 1.82) is 0 Å². The third-order valence-corrected chi connectivity index (χ3v) is 8.47. The van der Waals surface area contributed by atoms with Crippen LogP contribution in [-0.2, 0) is 17.5 Å². The number of aromatic nitrogens is 2. The molecule has 0 radical (unpaired) electrons. The third-order valence-electron chi connectivity index (χ3n) is 7.45. The van der Waals surface area contributed by atoms with Gasteiger partial charge in [-0.25, -0.2) is 0 Å². The van der Waals surface area contributed by atoms with Crippen LogP contribution < -0.4 is 0 Å². The molecule has 4 heterocycles. The Hall–Kier alpha value is -3.15. The molecule has 3 aromatic rings. The van der Waals surface area contributed by atoms with E-state index in [2.05, 4.69) is 19.9 Å². The second kappa shape index (κ2) is 9.55. The molecule has 38 heavy (non-hydrogen) atoms. The SMILES string of the molecule is Cc1ccc(Cn2ncc3cc(/C=C4\SC(N5C[C@H]6C[C@@H]5CN6CCO)=NC4=O)ccc32)c(C(F)(F)F)c1. The topological polar surface area (TPSA) is 74.0 Å². The predicted molar refractivity (Wildman–Crippen MR) is 141 cm³/mol. The smallest absolute Gasteiger partial charge is 0.395 e. The van der Waals surface area contributed by atoms with Crippen molar-refractivity contribution in [3.63, 3.8) is 0 Å². The van der Waals surface area contributed by atoms with Gasteiger partial charge in [0.1, 0.15) is 0 Å². The number of aliphatic imine (C=N–C) groups is 1. The summed E-state index contributed by atoms with van der Waals surface area (Å²) in [5.41, 5.74) is 1.57. The number of hydrogen-bond acceptors (Lipinski definition) is 6. The van der Waals surface area contributed by atoms with Crippen LogP contribution in [0.25, 0.3) is 17.0 Å². The van der Waals surface area contributed by atoms with Crippen molar-refractivity contribution in [1.82, 2.24) is 19.6 Å². The molecular formula is C27H26F3N5O2S. The van der Waals surface area contributed by atoms with Crippen molar-refractivity contribution in [2.45, 2.75) is 38.1 Å². The van der Waals surface area contributed by atoms with Crippen LogP contribution in [0.5, 0.6) is 0 Å². The van der Waals surface area contributed by atoms with Crippen LogP contribution in [0.4, 0.5) is 13.2 Å². The molecule has 7 nitrogen and oxygen atoms in total. The molecule has 3 aliphatic rings. The molecule has 3 aliphatic heterocycles. The Morgan fingerprint density at radius 1 is 1.16 bits per heavy atom. The maximum atomic E-state index is 13.6. The van der Waals surface area contributed by atoms with Gasteiger partial charge in [-0.05, 0) is 60.5 Å². The van der Waals surface area contributed by atoms with Gasteiger partial charge in [-0.1, -0.05) is 23.8 Å². The van der Waals surface area contributed by atoms with Gasteiger partial charge in [-0.3, -0.25) is 14.4 Å². The van der Waals surface area contributed by atoms with Gasteiger partial charge in [0.25, 0.3) is 5.91 Å². The number of piperazine rings is 1. The average molecular weight is 542 g/mol. The Morgan fingerprint density at radius 2 is 2.00 bits per heavy atom. The molecule has 1 N–H and O–H groups in total. The molecule has 6 rings (SSSR count). The number of hydrogen-bond donors (Lipinski definition) is 1. The molecule has 0 unspecified atom stereocenters. The number of fused-ring (bicyclic) bond motifs is 3. The molecule has 2 saturated heterocycles. The minimum atomic E-state index is -4.44. The number of carbonyl (C=O) groups is 1. The molecule has 198 valence electrons. The number of carbonyl (C=O) groups excluding carboxylic acids is 1. The average Bonchev–Trinajstić information content (AvgIpc) is 3.64. The fourth-order valence-electron chi connectivity index (χ4n) is 5.63. The van der Waals surface area contributed by atoms with Crippen LogP contribution in [0.1, 0.15) is 28.7 Å². The van der Waals surface area contributed by atoms with Crippen molar-refractivity contribution in [2.24, 2.45) is 4.99 Å². The van der Waals surface area contributed by atoms with Crippen LogP contribution in [0.15, 0.2) is 52.5 Å². The Morgan fingerprint density at radius 3 is 2.74 bits per heavy atom. The number of nitrogens with zero attached hydrogens (tertiary/aromatic N) is 5. The number of amides is 1. The summed E-state index contributed by atoms with van der Waals surface area (Å²) in [6.07, 6.45) is 0.00185. The number of likely N-dealkylation sites (tertiary alicyclic amines) is 2. The first-order valence-corrected chi connectivity index (χ1v) is 13.3. The van der Waals surface area contributed by atoms with Gasteiger partial charge in [0.15, 0.2) is 5.17 Å². The number of aryl methyl sites for hydroxylation is 1. The Labute approximate surface area is 221 Å². The molecule has 11 heteroatoms. The van der Waals surface area contributed by atoms with Gasteiger partial charge in [-0.2, -0.15) is 23.3 Å². The van der Waals surface area contributed by atoms with Crippen LogP contribution in [0.2, 0.25) is 0 Å². The molecule has 2 atom stereocenters. The van der Waals surface area contributed by atoms with Crippen LogP contribution in [0.3, 0.4) is 0 Å². The lowest BCUT2D eigenvalue weighted by Crippen LogP contribution is -2.48. The third kappa shape index (κ3) is 4.63. The summed E-state index contributed by atoms with van der Waals surface area (Å²) in [7, 11) is 0. The number of aliphatic hydroxyl groups excluding tert-OH is 1. The largest absolute Gasteiger partial charge is 0.416 e. The molecule has 1 aromatic heterocycles. The summed E-state index contributed by atoms with van der Waals surface area (Å²) in [5, 5.41) is 15.1. The predicted octanol–water partition coefficient (Wildman–Crippen LogP) is 4.13. The summed E-state index contributed by atoms with van der Waals surface area (Å²) < 4.78 is 42.3. The van der Waals surface area contributed by atoms with E-state index in [1.54, 1.807) is 29.9 Å². The van der Waals surface area contributed by atoms with Crippen LogP contribution in [0, 0.1) is 6.92 Å². The maximum Gasteiger partial charge on any atom is 0.416 e. The highest BCUT2D eigenvalue weighted by atomic mass is 32.2. The highest BCUT2D eigenvalue weighted by Gasteiger charge is 2.45. The summed E-state index contributed by atoms with van der Waals surface area (Å²) in [4.78, 5) is 22.0. The first-order valence-electron chi connectivity index (χ1n) is 12.5. The van der Waals surface area contributed by atoms with E-state index in [-0.39, 0.29) is 24.6 Å². The fraction of sp³-hybridized carbons (Fsp3) is 0.370. The minimum absolute atomic E-state index is 0.00166. The number of halogens is 3. The first-order chi connectivity index (χ1) is 18.2. The summed E-state index contributed by atoms with van der Waals surface area (Å²) in [5.74, 6) is -0.269. The lowest BCUT2D eigenvalue weighted by atomic mass is 10.0. The Kier molecular flexibility index (Phi) is 6.32. The van der Waals surface area contributed by atoms with Gasteiger partial charge >= 0.3 is 6.18 Å². The minimum Gasteiger partial charge on any atom is -0.395 e. The lowest BCUT2D eigenvalue weighted by molar-refractivity contribution is -0.138. The number of rotatable bonds is 5. The molecule has 2 bridgehead atoms. The van der Waals surface area contributed by atoms with Gasteiger partial charge < -0.3 is 10.0 Å². The zero-order chi connectivity index (χ0) is 26.6. The second-order valence-corrected chi connectivity index (χ2v) is 11.0. The molecule has 0 saturated carbocycles. The molecule has 0 aliphatic carbocycles. The van der Waals surface area contributed by atoms with E-state index in [4.69, 9.17) is 0 Å². The lowest BCUT2D eigenvalue weighted by Gasteiger charge is -2.34. The van der Waals surface area contributed by atoms with Crippen LogP contribution in [-0.4, -0.2) is 74.1 Å². The van der Waals surface area contributed by atoms with Gasteiger partial charge in [0.05, 0.1) is 35.3 Å².